The number of furan rings is 1. The predicted octanol–water partition coefficient (Wildman–Crippen LogP) is 5.37. The second-order valence-corrected chi connectivity index (χ2v) is 10.0. The fourth-order valence-electron chi connectivity index (χ4n) is 5.20. The highest BCUT2D eigenvalue weighted by Crippen LogP contribution is 2.44. The van der Waals surface area contributed by atoms with E-state index >= 15 is 0 Å². The average molecular weight is 487 g/mol. The Morgan fingerprint density at radius 2 is 2.03 bits per heavy atom. The van der Waals surface area contributed by atoms with E-state index in [0.29, 0.717) is 18.3 Å². The van der Waals surface area contributed by atoms with Gasteiger partial charge in [0.1, 0.15) is 11.6 Å². The van der Waals surface area contributed by atoms with Gasteiger partial charge < -0.3 is 20.2 Å². The van der Waals surface area contributed by atoms with Gasteiger partial charge in [-0.2, -0.15) is 4.98 Å². The zero-order valence-electron chi connectivity index (χ0n) is 21.4. The molecule has 4 aromatic rings. The van der Waals surface area contributed by atoms with E-state index in [1.165, 1.54) is 0 Å². The predicted molar refractivity (Wildman–Crippen MR) is 142 cm³/mol. The first-order valence-electron chi connectivity index (χ1n) is 12.7. The molecule has 3 atom stereocenters. The molecule has 5 rings (SSSR count). The lowest BCUT2D eigenvalue weighted by molar-refractivity contribution is 0.187. The number of aliphatic hydroxyl groups excluding tert-OH is 1. The molecule has 1 fully saturated rings. The van der Waals surface area contributed by atoms with Crippen LogP contribution in [0.5, 0.6) is 0 Å². The summed E-state index contributed by atoms with van der Waals surface area (Å²) >= 11 is 0. The van der Waals surface area contributed by atoms with Crippen molar-refractivity contribution in [1.82, 2.24) is 19.9 Å². The van der Waals surface area contributed by atoms with Crippen molar-refractivity contribution < 1.29 is 9.52 Å². The average Bonchev–Trinajstić information content (AvgIpc) is 3.42. The topological polar surface area (TPSA) is 109 Å². The van der Waals surface area contributed by atoms with Crippen molar-refractivity contribution in [2.75, 3.05) is 17.2 Å². The van der Waals surface area contributed by atoms with Crippen LogP contribution in [0.4, 0.5) is 11.8 Å². The smallest absolute Gasteiger partial charge is 0.225 e. The van der Waals surface area contributed by atoms with E-state index in [9.17, 15) is 5.11 Å². The lowest BCUT2D eigenvalue weighted by atomic mass is 9.86. The first kappa shape index (κ1) is 24.2. The van der Waals surface area contributed by atoms with E-state index < -0.39 is 0 Å². The molecular weight excluding hydrogens is 452 g/mol. The summed E-state index contributed by atoms with van der Waals surface area (Å²) in [5.74, 6) is 2.51. The standard InChI is InChI=1S/C28H34N6O2/c1-5-21-12-20-13-23(36-24(20)15-30-21)25-18(3)32-27(31-14-22-8-6-7-11-29-22)33-26(25)34-28(4)10-9-19(16-35)17(28)2/h6-8,11-13,15,17,19,35H,5,9-10,14,16H2,1-4H3,(H2,31,32,33,34). The first-order chi connectivity index (χ1) is 17.4. The van der Waals surface area contributed by atoms with Crippen LogP contribution in [0, 0.1) is 18.8 Å². The monoisotopic (exact) mass is 486 g/mol. The Balaban J connectivity index is 1.55. The van der Waals surface area contributed by atoms with Gasteiger partial charge in [-0.1, -0.05) is 19.9 Å². The van der Waals surface area contributed by atoms with Crippen molar-refractivity contribution in [3.05, 3.63) is 59.8 Å². The molecule has 4 heterocycles. The van der Waals surface area contributed by atoms with Crippen molar-refractivity contribution >= 4 is 22.7 Å². The molecule has 0 amide bonds. The Labute approximate surface area is 211 Å². The second-order valence-electron chi connectivity index (χ2n) is 10.0. The van der Waals surface area contributed by atoms with Gasteiger partial charge in [-0.25, -0.2) is 4.98 Å². The number of rotatable bonds is 8. The third-order valence-corrected chi connectivity index (χ3v) is 7.70. The summed E-state index contributed by atoms with van der Waals surface area (Å²) in [6.45, 7) is 9.21. The Morgan fingerprint density at radius 3 is 2.75 bits per heavy atom. The highest BCUT2D eigenvalue weighted by molar-refractivity contribution is 5.86. The summed E-state index contributed by atoms with van der Waals surface area (Å²) in [7, 11) is 0. The Kier molecular flexibility index (Phi) is 6.62. The second kappa shape index (κ2) is 9.85. The van der Waals surface area contributed by atoms with Crippen LogP contribution in [-0.4, -0.2) is 37.2 Å². The van der Waals surface area contributed by atoms with Crippen molar-refractivity contribution in [2.24, 2.45) is 11.8 Å². The number of hydrogen-bond donors (Lipinski definition) is 3. The van der Waals surface area contributed by atoms with E-state index in [1.807, 2.05) is 31.2 Å². The Morgan fingerprint density at radius 1 is 1.17 bits per heavy atom. The highest BCUT2D eigenvalue weighted by Gasteiger charge is 2.43. The van der Waals surface area contributed by atoms with Crippen molar-refractivity contribution in [1.29, 1.82) is 0 Å². The zero-order chi connectivity index (χ0) is 25.3. The molecule has 8 nitrogen and oxygen atoms in total. The molecule has 0 aromatic carbocycles. The van der Waals surface area contributed by atoms with Gasteiger partial charge >= 0.3 is 0 Å². The van der Waals surface area contributed by atoms with Gasteiger partial charge in [0, 0.05) is 29.4 Å². The van der Waals surface area contributed by atoms with Crippen LogP contribution in [0.25, 0.3) is 22.3 Å². The number of aromatic nitrogens is 4. The van der Waals surface area contributed by atoms with Crippen LogP contribution >= 0.6 is 0 Å². The van der Waals surface area contributed by atoms with Gasteiger partial charge in [0.25, 0.3) is 0 Å². The zero-order valence-corrected chi connectivity index (χ0v) is 21.4. The van der Waals surface area contributed by atoms with Crippen LogP contribution in [0.3, 0.4) is 0 Å². The van der Waals surface area contributed by atoms with Gasteiger partial charge in [-0.15, -0.1) is 0 Å². The molecule has 0 bridgehead atoms. The van der Waals surface area contributed by atoms with Crippen LogP contribution in [-0.2, 0) is 13.0 Å². The molecule has 8 heteroatoms. The number of pyridine rings is 2. The number of nitrogens with zero attached hydrogens (tertiary/aromatic N) is 4. The van der Waals surface area contributed by atoms with Crippen molar-refractivity contribution in [3.8, 4) is 11.3 Å². The lowest BCUT2D eigenvalue weighted by Gasteiger charge is -2.33. The van der Waals surface area contributed by atoms with Crippen LogP contribution in [0.1, 0.15) is 50.7 Å². The molecule has 0 spiro atoms. The molecule has 1 aliphatic carbocycles. The summed E-state index contributed by atoms with van der Waals surface area (Å²) < 4.78 is 6.26. The van der Waals surface area contributed by atoms with E-state index in [-0.39, 0.29) is 24.0 Å². The first-order valence-corrected chi connectivity index (χ1v) is 12.7. The van der Waals surface area contributed by atoms with Gasteiger partial charge in [0.05, 0.1) is 29.7 Å². The third-order valence-electron chi connectivity index (χ3n) is 7.70. The normalized spacial score (nSPS) is 21.7. The summed E-state index contributed by atoms with van der Waals surface area (Å²) in [6, 6.07) is 9.95. The van der Waals surface area contributed by atoms with Crippen LogP contribution < -0.4 is 10.6 Å². The molecule has 0 aliphatic heterocycles. The summed E-state index contributed by atoms with van der Waals surface area (Å²) in [5.41, 5.74) is 4.11. The Bertz CT molecular complexity index is 1360. The molecular formula is C28H34N6O2. The maximum atomic E-state index is 9.87. The molecule has 1 saturated carbocycles. The molecule has 0 saturated heterocycles. The minimum absolute atomic E-state index is 0.196. The number of hydrogen-bond acceptors (Lipinski definition) is 8. The number of fused-ring (bicyclic) bond motifs is 1. The maximum absolute atomic E-state index is 9.87. The quantitative estimate of drug-likeness (QED) is 0.305. The molecule has 36 heavy (non-hydrogen) atoms. The highest BCUT2D eigenvalue weighted by atomic mass is 16.3. The largest absolute Gasteiger partial charge is 0.454 e. The van der Waals surface area contributed by atoms with Crippen molar-refractivity contribution in [2.45, 2.75) is 59.0 Å². The molecule has 3 unspecified atom stereocenters. The van der Waals surface area contributed by atoms with Crippen LogP contribution in [0.2, 0.25) is 0 Å². The van der Waals surface area contributed by atoms with Gasteiger partial charge in [-0.3, -0.25) is 9.97 Å². The van der Waals surface area contributed by atoms with Gasteiger partial charge in [0.15, 0.2) is 5.58 Å². The summed E-state index contributed by atoms with van der Waals surface area (Å²) in [5, 5.41) is 18.0. The minimum atomic E-state index is -0.218. The number of aliphatic hydroxyl groups is 1. The fraction of sp³-hybridized carbons (Fsp3) is 0.429. The molecule has 0 radical (unpaired) electrons. The van der Waals surface area contributed by atoms with Gasteiger partial charge in [-0.05, 0) is 69.2 Å². The van der Waals surface area contributed by atoms with E-state index in [2.05, 4.69) is 47.4 Å². The third kappa shape index (κ3) is 4.65. The van der Waals surface area contributed by atoms with E-state index in [4.69, 9.17) is 14.4 Å². The number of anilines is 2. The number of nitrogens with one attached hydrogen (secondary N) is 2. The molecule has 3 N–H and O–H groups in total. The summed E-state index contributed by atoms with van der Waals surface area (Å²) in [6.07, 6.45) is 6.35. The lowest BCUT2D eigenvalue weighted by Crippen LogP contribution is -2.40. The van der Waals surface area contributed by atoms with Crippen molar-refractivity contribution in [3.63, 3.8) is 0 Å². The van der Waals surface area contributed by atoms with Gasteiger partial charge in [0.2, 0.25) is 5.95 Å². The van der Waals surface area contributed by atoms with E-state index in [0.717, 1.165) is 58.7 Å². The fourth-order valence-corrected chi connectivity index (χ4v) is 5.20. The Hall–Kier alpha value is -3.52. The molecule has 4 aromatic heterocycles. The summed E-state index contributed by atoms with van der Waals surface area (Å²) in [4.78, 5) is 18.6. The number of aryl methyl sites for hydroxylation is 2. The van der Waals surface area contributed by atoms with Crippen LogP contribution in [0.15, 0.2) is 47.1 Å². The molecule has 1 aliphatic rings. The minimum Gasteiger partial charge on any atom is -0.454 e. The SMILES string of the molecule is CCc1cc2cc(-c3c(C)nc(NCc4ccccn4)nc3NC3(C)CCC(CO)C3C)oc2cn1. The van der Waals surface area contributed by atoms with E-state index in [1.54, 1.807) is 12.4 Å². The maximum Gasteiger partial charge on any atom is 0.225 e. The molecule has 188 valence electrons.